The van der Waals surface area contributed by atoms with Crippen molar-refractivity contribution in [3.63, 3.8) is 0 Å². The molecule has 0 bridgehead atoms. The Balaban J connectivity index is 1.72. The summed E-state index contributed by atoms with van der Waals surface area (Å²) in [5.74, 6) is 0.705. The van der Waals surface area contributed by atoms with Crippen molar-refractivity contribution in [1.82, 2.24) is 0 Å². The van der Waals surface area contributed by atoms with Gasteiger partial charge in [-0.1, -0.05) is 18.2 Å². The van der Waals surface area contributed by atoms with Crippen LogP contribution in [-0.2, 0) is 4.79 Å². The molecule has 0 N–H and O–H groups in total. The summed E-state index contributed by atoms with van der Waals surface area (Å²) in [5, 5.41) is 10.8. The zero-order chi connectivity index (χ0) is 17.1. The van der Waals surface area contributed by atoms with Crippen molar-refractivity contribution in [3.8, 4) is 11.5 Å². The lowest BCUT2D eigenvalue weighted by atomic mass is 10.2. The van der Waals surface area contributed by atoms with Gasteiger partial charge in [0.25, 0.3) is 11.6 Å². The molecule has 0 saturated heterocycles. The van der Waals surface area contributed by atoms with Crippen LogP contribution in [0.2, 0.25) is 0 Å². The molecule has 1 aliphatic rings. The zero-order valence-corrected chi connectivity index (χ0v) is 13.0. The second-order valence-electron chi connectivity index (χ2n) is 5.44. The maximum Gasteiger partial charge on any atom is 0.273 e. The molecule has 1 atom stereocenters. The van der Waals surface area contributed by atoms with E-state index < -0.39 is 4.92 Å². The molecule has 0 saturated carbocycles. The Morgan fingerprint density at radius 1 is 1.33 bits per heavy atom. The number of anilines is 1. The van der Waals surface area contributed by atoms with E-state index in [0.29, 0.717) is 18.0 Å². The predicted octanol–water partition coefficient (Wildman–Crippen LogP) is 2.79. The number of carbonyl (C=O) groups excluding carboxylic acids is 1. The van der Waals surface area contributed by atoms with Crippen LogP contribution >= 0.6 is 0 Å². The molecule has 0 fully saturated rings. The third-order valence-corrected chi connectivity index (χ3v) is 3.62. The molecular formula is C17H16N2O5. The van der Waals surface area contributed by atoms with Crippen molar-refractivity contribution in [2.24, 2.45) is 0 Å². The number of hydrogen-bond acceptors (Lipinski definition) is 5. The number of rotatable bonds is 4. The molecule has 0 spiro atoms. The highest BCUT2D eigenvalue weighted by Gasteiger charge is 2.27. The van der Waals surface area contributed by atoms with E-state index in [1.54, 1.807) is 11.0 Å². The van der Waals surface area contributed by atoms with Gasteiger partial charge in [-0.25, -0.2) is 0 Å². The van der Waals surface area contributed by atoms with Crippen molar-refractivity contribution < 1.29 is 19.2 Å². The molecule has 1 aliphatic heterocycles. The largest absolute Gasteiger partial charge is 0.487 e. The van der Waals surface area contributed by atoms with Crippen LogP contribution < -0.4 is 14.4 Å². The molecule has 24 heavy (non-hydrogen) atoms. The molecule has 124 valence electrons. The van der Waals surface area contributed by atoms with Gasteiger partial charge in [0.1, 0.15) is 17.6 Å². The summed E-state index contributed by atoms with van der Waals surface area (Å²) < 4.78 is 11.1. The van der Waals surface area contributed by atoms with Gasteiger partial charge in [-0.3, -0.25) is 14.9 Å². The Hall–Kier alpha value is -3.09. The van der Waals surface area contributed by atoms with Crippen LogP contribution in [0.15, 0.2) is 48.5 Å². The van der Waals surface area contributed by atoms with Crippen LogP contribution in [0.1, 0.15) is 6.92 Å². The quantitative estimate of drug-likeness (QED) is 0.637. The second-order valence-corrected chi connectivity index (χ2v) is 5.44. The maximum absolute atomic E-state index is 12.5. The van der Waals surface area contributed by atoms with E-state index in [1.165, 1.54) is 18.2 Å². The van der Waals surface area contributed by atoms with Crippen LogP contribution in [0.5, 0.6) is 11.5 Å². The van der Waals surface area contributed by atoms with E-state index in [2.05, 4.69) is 0 Å². The molecule has 7 nitrogen and oxygen atoms in total. The number of fused-ring (bicyclic) bond motifs is 1. The van der Waals surface area contributed by atoms with Crippen LogP contribution in [0.25, 0.3) is 0 Å². The Morgan fingerprint density at radius 2 is 2.12 bits per heavy atom. The van der Waals surface area contributed by atoms with E-state index in [4.69, 9.17) is 9.47 Å². The van der Waals surface area contributed by atoms with E-state index in [0.717, 1.165) is 0 Å². The fraction of sp³-hybridized carbons (Fsp3) is 0.235. The summed E-state index contributed by atoms with van der Waals surface area (Å²) in [6, 6.07) is 13.1. The third kappa shape index (κ3) is 3.29. The van der Waals surface area contributed by atoms with Gasteiger partial charge in [-0.05, 0) is 25.1 Å². The number of nitrogens with zero attached hydrogens (tertiary/aromatic N) is 2. The van der Waals surface area contributed by atoms with Crippen molar-refractivity contribution in [3.05, 3.63) is 58.6 Å². The van der Waals surface area contributed by atoms with Crippen LogP contribution in [0.4, 0.5) is 11.4 Å². The topological polar surface area (TPSA) is 81.9 Å². The number of para-hydroxylation sites is 2. The van der Waals surface area contributed by atoms with Crippen molar-refractivity contribution in [2.75, 3.05) is 18.1 Å². The van der Waals surface area contributed by atoms with E-state index in [9.17, 15) is 14.9 Å². The highest BCUT2D eigenvalue weighted by atomic mass is 16.6. The number of nitro groups is 1. The Bertz CT molecular complexity index is 777. The first-order chi connectivity index (χ1) is 11.5. The molecule has 0 radical (unpaired) electrons. The van der Waals surface area contributed by atoms with Gasteiger partial charge in [0.2, 0.25) is 0 Å². The first-order valence-corrected chi connectivity index (χ1v) is 7.48. The lowest BCUT2D eigenvalue weighted by Crippen LogP contribution is -2.44. The van der Waals surface area contributed by atoms with Crippen LogP contribution in [0, 0.1) is 10.1 Å². The molecule has 1 heterocycles. The zero-order valence-electron chi connectivity index (χ0n) is 13.0. The monoisotopic (exact) mass is 328 g/mol. The van der Waals surface area contributed by atoms with Gasteiger partial charge in [0.15, 0.2) is 6.61 Å². The number of benzene rings is 2. The van der Waals surface area contributed by atoms with Crippen molar-refractivity contribution >= 4 is 17.3 Å². The van der Waals surface area contributed by atoms with Gasteiger partial charge in [0, 0.05) is 6.07 Å². The number of non-ortho nitro benzene ring substituents is 1. The van der Waals surface area contributed by atoms with Gasteiger partial charge in [-0.15, -0.1) is 0 Å². The Labute approximate surface area is 138 Å². The molecule has 0 unspecified atom stereocenters. The van der Waals surface area contributed by atoms with Gasteiger partial charge < -0.3 is 14.4 Å². The summed E-state index contributed by atoms with van der Waals surface area (Å²) in [6.07, 6.45) is -0.123. The Morgan fingerprint density at radius 3 is 2.92 bits per heavy atom. The molecular weight excluding hydrogens is 312 g/mol. The second kappa shape index (κ2) is 6.57. The molecule has 2 aromatic carbocycles. The fourth-order valence-electron chi connectivity index (χ4n) is 2.54. The summed E-state index contributed by atoms with van der Waals surface area (Å²) >= 11 is 0. The third-order valence-electron chi connectivity index (χ3n) is 3.62. The minimum absolute atomic E-state index is 0.0784. The summed E-state index contributed by atoms with van der Waals surface area (Å²) in [7, 11) is 0. The average molecular weight is 328 g/mol. The minimum Gasteiger partial charge on any atom is -0.487 e. The van der Waals surface area contributed by atoms with E-state index >= 15 is 0 Å². The average Bonchev–Trinajstić information content (AvgIpc) is 2.59. The summed E-state index contributed by atoms with van der Waals surface area (Å²) in [4.78, 5) is 24.4. The number of carbonyl (C=O) groups is 1. The van der Waals surface area contributed by atoms with E-state index in [-0.39, 0.29) is 30.1 Å². The van der Waals surface area contributed by atoms with Gasteiger partial charge >= 0.3 is 0 Å². The fourth-order valence-corrected chi connectivity index (χ4v) is 2.54. The normalized spacial score (nSPS) is 16.0. The van der Waals surface area contributed by atoms with Gasteiger partial charge in [-0.2, -0.15) is 0 Å². The number of nitro benzene ring substituents is 1. The summed E-state index contributed by atoms with van der Waals surface area (Å²) in [5.41, 5.74) is 0.619. The molecule has 7 heteroatoms. The van der Waals surface area contributed by atoms with E-state index in [1.807, 2.05) is 31.2 Å². The molecule has 1 amide bonds. The van der Waals surface area contributed by atoms with Gasteiger partial charge in [0.05, 0.1) is 23.2 Å². The minimum atomic E-state index is -0.505. The predicted molar refractivity (Wildman–Crippen MR) is 87.5 cm³/mol. The highest BCUT2D eigenvalue weighted by Crippen LogP contribution is 2.33. The number of hydrogen-bond donors (Lipinski definition) is 0. The standard InChI is InChI=1S/C17H16N2O5/c1-12-10-18(15-7-2-3-8-16(15)24-12)17(20)11-23-14-6-4-5-13(9-14)19(21)22/h2-9,12H,10-11H2,1H3/t12-/m1/s1. The Kier molecular flexibility index (Phi) is 4.33. The van der Waals surface area contributed by atoms with Crippen molar-refractivity contribution in [2.45, 2.75) is 13.0 Å². The molecule has 2 aromatic rings. The number of amides is 1. The number of ether oxygens (including phenoxy) is 2. The SMILES string of the molecule is C[C@@H]1CN(C(=O)COc2cccc([N+](=O)[O-])c2)c2ccccc2O1. The smallest absolute Gasteiger partial charge is 0.273 e. The molecule has 0 aromatic heterocycles. The first-order valence-electron chi connectivity index (χ1n) is 7.48. The maximum atomic E-state index is 12.5. The highest BCUT2D eigenvalue weighted by molar-refractivity contribution is 5.96. The molecule has 3 rings (SSSR count). The van der Waals surface area contributed by atoms with Crippen LogP contribution in [-0.4, -0.2) is 30.1 Å². The molecule has 0 aliphatic carbocycles. The van der Waals surface area contributed by atoms with Crippen molar-refractivity contribution in [1.29, 1.82) is 0 Å². The van der Waals surface area contributed by atoms with Crippen LogP contribution in [0.3, 0.4) is 0 Å². The summed E-state index contributed by atoms with van der Waals surface area (Å²) in [6.45, 7) is 2.11. The lowest BCUT2D eigenvalue weighted by molar-refractivity contribution is -0.384. The first kappa shape index (κ1) is 15.8. The lowest BCUT2D eigenvalue weighted by Gasteiger charge is -2.33.